The van der Waals surface area contributed by atoms with Crippen molar-refractivity contribution in [3.05, 3.63) is 65.7 Å². The molecule has 2 aromatic carbocycles. The van der Waals surface area contributed by atoms with Gasteiger partial charge in [0.2, 0.25) is 0 Å². The number of rotatable bonds is 2. The molecule has 0 atom stereocenters. The first-order valence-electron chi connectivity index (χ1n) is 5.70. The number of ether oxygens (including phenoxy) is 1. The summed E-state index contributed by atoms with van der Waals surface area (Å²) in [7, 11) is 0. The topological polar surface area (TPSA) is 46.5 Å². The molecule has 0 spiro atoms. The molecule has 18 heavy (non-hydrogen) atoms. The summed E-state index contributed by atoms with van der Waals surface area (Å²) in [5.41, 5.74) is 1.82. The maximum absolute atomic E-state index is 10.8. The molecule has 2 aliphatic heterocycles. The molecular weight excluding hydrogens is 228 g/mol. The molecule has 1 N–H and O–H groups in total. The van der Waals surface area contributed by atoms with E-state index in [-0.39, 0.29) is 5.78 Å². The molecule has 4 rings (SSSR count). The van der Waals surface area contributed by atoms with Gasteiger partial charge in [0.1, 0.15) is 19.0 Å². The van der Waals surface area contributed by atoms with Crippen LogP contribution in [0.4, 0.5) is 0 Å². The molecule has 3 nitrogen and oxygen atoms in total. The van der Waals surface area contributed by atoms with Crippen molar-refractivity contribution in [2.75, 3.05) is 6.61 Å². The molecular formula is C15H14O3. The van der Waals surface area contributed by atoms with E-state index in [2.05, 4.69) is 12.1 Å². The summed E-state index contributed by atoms with van der Waals surface area (Å²) in [5, 5.41) is 8.44. The van der Waals surface area contributed by atoms with Gasteiger partial charge in [-0.25, -0.2) is 0 Å². The lowest BCUT2D eigenvalue weighted by molar-refractivity contribution is 0.0904. The molecule has 2 aromatic rings. The van der Waals surface area contributed by atoms with Crippen molar-refractivity contribution in [1.29, 1.82) is 0 Å². The van der Waals surface area contributed by atoms with Gasteiger partial charge in [0, 0.05) is 5.56 Å². The van der Waals surface area contributed by atoms with Crippen LogP contribution in [0.5, 0.6) is 5.75 Å². The molecule has 3 heteroatoms. The molecule has 0 aliphatic carbocycles. The number of aliphatic hydroxyl groups is 1. The molecule has 0 amide bonds. The van der Waals surface area contributed by atoms with Gasteiger partial charge in [-0.15, -0.1) is 0 Å². The van der Waals surface area contributed by atoms with E-state index in [1.807, 2.05) is 18.2 Å². The standard InChI is InChI=1S/C8H8O2.C7H6O/c9-6-8(10)7-4-2-1-3-5-7;1-3-7-4-2-6(1)5-8-7/h1-5,9H,6H2;1-4H,5H2. The summed E-state index contributed by atoms with van der Waals surface area (Å²) >= 11 is 0. The van der Waals surface area contributed by atoms with E-state index in [4.69, 9.17) is 9.84 Å². The van der Waals surface area contributed by atoms with Gasteiger partial charge < -0.3 is 9.84 Å². The Bertz CT molecular complexity index is 480. The van der Waals surface area contributed by atoms with E-state index >= 15 is 0 Å². The van der Waals surface area contributed by atoms with Crippen LogP contribution in [0.15, 0.2) is 54.6 Å². The second-order valence-corrected chi connectivity index (χ2v) is 3.88. The number of carbonyl (C=O) groups excluding carboxylic acids is 1. The zero-order valence-electron chi connectivity index (χ0n) is 9.87. The van der Waals surface area contributed by atoms with E-state index in [0.29, 0.717) is 5.56 Å². The molecule has 92 valence electrons. The minimum absolute atomic E-state index is 0.236. The first kappa shape index (κ1) is 12.3. The van der Waals surface area contributed by atoms with E-state index in [9.17, 15) is 4.79 Å². The predicted molar refractivity (Wildman–Crippen MR) is 68.6 cm³/mol. The molecule has 0 unspecified atom stereocenters. The highest BCUT2D eigenvalue weighted by molar-refractivity contribution is 5.96. The number of Topliss-reactive ketones (excluding diaryl/α,β-unsaturated/α-hetero) is 1. The minimum Gasteiger partial charge on any atom is -0.489 e. The van der Waals surface area contributed by atoms with Crippen molar-refractivity contribution in [2.24, 2.45) is 0 Å². The number of carbonyl (C=O) groups is 1. The Balaban J connectivity index is 0.000000136. The Morgan fingerprint density at radius 3 is 2.06 bits per heavy atom. The molecule has 0 aromatic heterocycles. The van der Waals surface area contributed by atoms with Crippen LogP contribution in [0.3, 0.4) is 0 Å². The summed E-state index contributed by atoms with van der Waals surface area (Å²) in [4.78, 5) is 10.8. The van der Waals surface area contributed by atoms with E-state index < -0.39 is 6.61 Å². The van der Waals surface area contributed by atoms with Gasteiger partial charge in [-0.3, -0.25) is 4.79 Å². The van der Waals surface area contributed by atoms with Gasteiger partial charge in [0.05, 0.1) is 0 Å². The lowest BCUT2D eigenvalue weighted by Crippen LogP contribution is -2.02. The van der Waals surface area contributed by atoms with Crippen molar-refractivity contribution in [2.45, 2.75) is 6.61 Å². The number of benzene rings is 2. The predicted octanol–water partition coefficient (Wildman–Crippen LogP) is 2.44. The molecule has 0 radical (unpaired) electrons. The average Bonchev–Trinajstić information content (AvgIpc) is 2.50. The Hall–Kier alpha value is -2.13. The highest BCUT2D eigenvalue weighted by Gasteiger charge is 2.01. The number of hydrogen-bond acceptors (Lipinski definition) is 3. The van der Waals surface area contributed by atoms with Gasteiger partial charge >= 0.3 is 0 Å². The quantitative estimate of drug-likeness (QED) is 0.823. The summed E-state index contributed by atoms with van der Waals surface area (Å²) in [6.07, 6.45) is 0. The van der Waals surface area contributed by atoms with Crippen LogP contribution in [-0.2, 0) is 6.61 Å². The molecule has 0 saturated heterocycles. The van der Waals surface area contributed by atoms with Crippen LogP contribution in [-0.4, -0.2) is 17.5 Å². The van der Waals surface area contributed by atoms with Crippen molar-refractivity contribution < 1.29 is 14.6 Å². The van der Waals surface area contributed by atoms with Crippen molar-refractivity contribution >= 4 is 5.78 Å². The van der Waals surface area contributed by atoms with Crippen LogP contribution < -0.4 is 4.74 Å². The maximum Gasteiger partial charge on any atom is 0.188 e. The smallest absolute Gasteiger partial charge is 0.188 e. The maximum atomic E-state index is 10.8. The second-order valence-electron chi connectivity index (χ2n) is 3.88. The average molecular weight is 242 g/mol. The van der Waals surface area contributed by atoms with Gasteiger partial charge in [0.25, 0.3) is 0 Å². The third-order valence-electron chi connectivity index (χ3n) is 2.57. The van der Waals surface area contributed by atoms with Crippen LogP contribution in [0.1, 0.15) is 15.9 Å². The SMILES string of the molecule is O=C(CO)c1ccccc1.c1cc2ccc1CO2. The summed E-state index contributed by atoms with van der Waals surface area (Å²) < 4.78 is 5.18. The minimum atomic E-state index is -0.413. The fourth-order valence-electron chi connectivity index (χ4n) is 1.56. The highest BCUT2D eigenvalue weighted by Crippen LogP contribution is 2.19. The fraction of sp³-hybridized carbons (Fsp3) is 0.133. The van der Waals surface area contributed by atoms with Crippen molar-refractivity contribution in [3.8, 4) is 5.75 Å². The highest BCUT2D eigenvalue weighted by atomic mass is 16.5. The first-order chi connectivity index (χ1) is 8.79. The molecule has 0 fully saturated rings. The molecule has 2 heterocycles. The Morgan fingerprint density at radius 2 is 1.72 bits per heavy atom. The Kier molecular flexibility index (Phi) is 4.10. The van der Waals surface area contributed by atoms with Crippen LogP contribution >= 0.6 is 0 Å². The zero-order chi connectivity index (χ0) is 12.8. The monoisotopic (exact) mass is 242 g/mol. The van der Waals surface area contributed by atoms with Crippen molar-refractivity contribution in [3.63, 3.8) is 0 Å². The summed E-state index contributed by atoms with van der Waals surface area (Å²) in [5.74, 6) is 0.751. The van der Waals surface area contributed by atoms with Crippen molar-refractivity contribution in [1.82, 2.24) is 0 Å². The Morgan fingerprint density at radius 1 is 1.06 bits per heavy atom. The summed E-state index contributed by atoms with van der Waals surface area (Å²) in [6, 6.07) is 16.9. The lowest BCUT2D eigenvalue weighted by Gasteiger charge is -2.11. The van der Waals surface area contributed by atoms with E-state index in [1.165, 1.54) is 5.56 Å². The number of hydrogen-bond donors (Lipinski definition) is 1. The molecule has 0 saturated carbocycles. The van der Waals surface area contributed by atoms with E-state index in [0.717, 1.165) is 12.4 Å². The Labute approximate surface area is 106 Å². The largest absolute Gasteiger partial charge is 0.489 e. The summed E-state index contributed by atoms with van der Waals surface area (Å²) in [6.45, 7) is 0.354. The number of aliphatic hydroxyl groups excluding tert-OH is 1. The fourth-order valence-corrected chi connectivity index (χ4v) is 1.56. The zero-order valence-corrected chi connectivity index (χ0v) is 9.87. The van der Waals surface area contributed by atoms with Crippen LogP contribution in [0.2, 0.25) is 0 Å². The second kappa shape index (κ2) is 5.98. The van der Waals surface area contributed by atoms with E-state index in [1.54, 1.807) is 24.3 Å². The van der Waals surface area contributed by atoms with Crippen LogP contribution in [0.25, 0.3) is 0 Å². The van der Waals surface area contributed by atoms with Gasteiger partial charge in [-0.1, -0.05) is 42.5 Å². The van der Waals surface area contributed by atoms with Gasteiger partial charge in [0.15, 0.2) is 5.78 Å². The first-order valence-corrected chi connectivity index (χ1v) is 5.70. The van der Waals surface area contributed by atoms with Gasteiger partial charge in [-0.2, -0.15) is 0 Å². The normalized spacial score (nSPS) is 11.2. The molecule has 2 bridgehead atoms. The molecule has 2 aliphatic rings. The van der Waals surface area contributed by atoms with Gasteiger partial charge in [-0.05, 0) is 17.7 Å². The van der Waals surface area contributed by atoms with Crippen LogP contribution in [0, 0.1) is 0 Å². The number of fused-ring (bicyclic) bond motifs is 3. The third kappa shape index (κ3) is 3.18. The third-order valence-corrected chi connectivity index (χ3v) is 2.57. The number of ketones is 1. The lowest BCUT2D eigenvalue weighted by atomic mass is 10.1.